The van der Waals surface area contributed by atoms with Gasteiger partial charge in [-0.25, -0.2) is 4.79 Å². The van der Waals surface area contributed by atoms with Crippen LogP contribution in [0.25, 0.3) is 10.2 Å². The van der Waals surface area contributed by atoms with Crippen LogP contribution in [0, 0.1) is 6.92 Å². The first kappa shape index (κ1) is 12.1. The van der Waals surface area contributed by atoms with E-state index in [0.29, 0.717) is 23.3 Å². The Balaban J connectivity index is 2.56. The van der Waals surface area contributed by atoms with Gasteiger partial charge in [0.15, 0.2) is 0 Å². The summed E-state index contributed by atoms with van der Waals surface area (Å²) in [5.41, 5.74) is -0.527. The van der Waals surface area contributed by atoms with Crippen molar-refractivity contribution in [2.45, 2.75) is 13.5 Å². The van der Waals surface area contributed by atoms with Gasteiger partial charge in [0.05, 0.1) is 5.39 Å². The summed E-state index contributed by atoms with van der Waals surface area (Å²) in [6.45, 7) is 3.00. The molecule has 2 rings (SSSR count). The van der Waals surface area contributed by atoms with E-state index < -0.39 is 0 Å². The number of nitrogens with one attached hydrogen (secondary N) is 1. The van der Waals surface area contributed by atoms with Gasteiger partial charge in [-0.15, -0.1) is 11.3 Å². The van der Waals surface area contributed by atoms with E-state index in [9.17, 15) is 9.59 Å². The number of fused-ring (bicyclic) bond motifs is 1. The summed E-state index contributed by atoms with van der Waals surface area (Å²) in [6, 6.07) is 1.82. The van der Waals surface area contributed by atoms with E-state index in [-0.39, 0.29) is 11.2 Å². The lowest BCUT2D eigenvalue weighted by molar-refractivity contribution is 0.377. The van der Waals surface area contributed by atoms with Crippen LogP contribution in [0.5, 0.6) is 0 Å². The molecule has 2 heterocycles. The highest BCUT2D eigenvalue weighted by Crippen LogP contribution is 2.18. The molecule has 2 aromatic heterocycles. The molecule has 0 saturated carbocycles. The molecule has 1 N–H and O–H groups in total. The van der Waals surface area contributed by atoms with E-state index in [1.165, 1.54) is 15.9 Å². The maximum atomic E-state index is 12.1. The average Bonchev–Trinajstić information content (AvgIpc) is 2.58. The molecule has 17 heavy (non-hydrogen) atoms. The molecule has 0 amide bonds. The second-order valence-electron chi connectivity index (χ2n) is 4.29. The Labute approximate surface area is 102 Å². The summed E-state index contributed by atoms with van der Waals surface area (Å²) in [7, 11) is 3.82. The van der Waals surface area contributed by atoms with Gasteiger partial charge in [-0.05, 0) is 27.1 Å². The highest BCUT2D eigenvalue weighted by Gasteiger charge is 2.09. The number of aromatic amines is 1. The Kier molecular flexibility index (Phi) is 3.17. The fourth-order valence-corrected chi connectivity index (χ4v) is 2.56. The smallest absolute Gasteiger partial charge is 0.308 e. The predicted octanol–water partition coefficient (Wildman–Crippen LogP) is 0.621. The normalized spacial score (nSPS) is 11.5. The minimum atomic E-state index is -0.328. The zero-order valence-corrected chi connectivity index (χ0v) is 10.9. The summed E-state index contributed by atoms with van der Waals surface area (Å²) in [5, 5.41) is 0.603. The minimum absolute atomic E-state index is 0.199. The molecule has 0 aliphatic carbocycles. The third-order valence-electron chi connectivity index (χ3n) is 2.57. The van der Waals surface area contributed by atoms with E-state index in [1.807, 2.05) is 32.0 Å². The molecule has 5 nitrogen and oxygen atoms in total. The zero-order chi connectivity index (χ0) is 12.6. The van der Waals surface area contributed by atoms with Crippen molar-refractivity contribution in [1.29, 1.82) is 0 Å². The van der Waals surface area contributed by atoms with Gasteiger partial charge in [-0.1, -0.05) is 0 Å². The Morgan fingerprint density at radius 2 is 2.12 bits per heavy atom. The highest BCUT2D eigenvalue weighted by atomic mass is 32.1. The first-order valence-electron chi connectivity index (χ1n) is 5.37. The van der Waals surface area contributed by atoms with Gasteiger partial charge in [0.2, 0.25) is 0 Å². The van der Waals surface area contributed by atoms with Gasteiger partial charge >= 0.3 is 5.69 Å². The number of nitrogens with zero attached hydrogens (tertiary/aromatic N) is 2. The first-order valence-corrected chi connectivity index (χ1v) is 6.18. The number of hydrogen-bond donors (Lipinski definition) is 1. The number of likely N-dealkylation sites (N-methyl/N-ethyl adjacent to an activating group) is 1. The number of aromatic nitrogens is 2. The summed E-state index contributed by atoms with van der Waals surface area (Å²) in [6.07, 6.45) is 0. The van der Waals surface area contributed by atoms with Crippen LogP contribution in [0.4, 0.5) is 0 Å². The number of aryl methyl sites for hydroxylation is 1. The molecular formula is C11H15N3O2S. The number of hydrogen-bond acceptors (Lipinski definition) is 4. The zero-order valence-electron chi connectivity index (χ0n) is 10.1. The Morgan fingerprint density at radius 1 is 1.41 bits per heavy atom. The lowest BCUT2D eigenvalue weighted by Gasteiger charge is -2.10. The third kappa shape index (κ3) is 2.32. The van der Waals surface area contributed by atoms with Crippen molar-refractivity contribution in [2.24, 2.45) is 0 Å². The van der Waals surface area contributed by atoms with Crippen LogP contribution in [0.3, 0.4) is 0 Å². The van der Waals surface area contributed by atoms with Crippen LogP contribution in [0.15, 0.2) is 15.7 Å². The quantitative estimate of drug-likeness (QED) is 0.872. The molecule has 0 spiro atoms. The van der Waals surface area contributed by atoms with Crippen LogP contribution in [0.2, 0.25) is 0 Å². The fourth-order valence-electron chi connectivity index (χ4n) is 1.67. The van der Waals surface area contributed by atoms with Gasteiger partial charge in [0.25, 0.3) is 5.56 Å². The molecule has 0 saturated heterocycles. The minimum Gasteiger partial charge on any atom is -0.308 e. The van der Waals surface area contributed by atoms with Crippen molar-refractivity contribution in [3.05, 3.63) is 31.8 Å². The SMILES string of the molecule is Cc1cc2c(=O)n(CCN(C)C)c(=O)[nH]c2s1. The standard InChI is InChI=1S/C11H15N3O2S/c1-7-6-8-9(17-7)12-11(16)14(10(8)15)5-4-13(2)3/h6H,4-5H2,1-3H3,(H,12,16). The van der Waals surface area contributed by atoms with E-state index >= 15 is 0 Å². The van der Waals surface area contributed by atoms with Gasteiger partial charge in [-0.2, -0.15) is 0 Å². The molecule has 0 aliphatic rings. The molecule has 0 atom stereocenters. The maximum Gasteiger partial charge on any atom is 0.329 e. The van der Waals surface area contributed by atoms with Crippen LogP contribution < -0.4 is 11.2 Å². The molecule has 92 valence electrons. The lowest BCUT2D eigenvalue weighted by atomic mass is 10.3. The monoisotopic (exact) mass is 253 g/mol. The van der Waals surface area contributed by atoms with Gasteiger partial charge in [0.1, 0.15) is 4.83 Å². The second-order valence-corrected chi connectivity index (χ2v) is 5.55. The van der Waals surface area contributed by atoms with Gasteiger partial charge in [0, 0.05) is 18.0 Å². The van der Waals surface area contributed by atoms with Crippen molar-refractivity contribution >= 4 is 21.6 Å². The highest BCUT2D eigenvalue weighted by molar-refractivity contribution is 7.18. The molecule has 2 aromatic rings. The van der Waals surface area contributed by atoms with Crippen LogP contribution in [0.1, 0.15) is 4.88 Å². The molecule has 6 heteroatoms. The second kappa shape index (κ2) is 4.46. The van der Waals surface area contributed by atoms with Crippen molar-refractivity contribution in [3.8, 4) is 0 Å². The van der Waals surface area contributed by atoms with Crippen molar-refractivity contribution in [1.82, 2.24) is 14.5 Å². The van der Waals surface area contributed by atoms with E-state index in [0.717, 1.165) is 4.88 Å². The van der Waals surface area contributed by atoms with Crippen LogP contribution >= 0.6 is 11.3 Å². The summed E-state index contributed by atoms with van der Waals surface area (Å²) in [5.74, 6) is 0. The van der Waals surface area contributed by atoms with E-state index in [2.05, 4.69) is 4.98 Å². The Bertz CT molecular complexity index is 651. The van der Waals surface area contributed by atoms with Gasteiger partial charge < -0.3 is 4.90 Å². The van der Waals surface area contributed by atoms with Gasteiger partial charge in [-0.3, -0.25) is 14.3 Å². The summed E-state index contributed by atoms with van der Waals surface area (Å²) < 4.78 is 1.26. The molecule has 0 aliphatic heterocycles. The molecule has 0 aromatic carbocycles. The van der Waals surface area contributed by atoms with Crippen LogP contribution in [-0.2, 0) is 6.54 Å². The van der Waals surface area contributed by atoms with Crippen molar-refractivity contribution < 1.29 is 0 Å². The van der Waals surface area contributed by atoms with Crippen LogP contribution in [-0.4, -0.2) is 35.1 Å². The van der Waals surface area contributed by atoms with E-state index in [4.69, 9.17) is 0 Å². The summed E-state index contributed by atoms with van der Waals surface area (Å²) >= 11 is 1.43. The average molecular weight is 253 g/mol. The van der Waals surface area contributed by atoms with Crippen molar-refractivity contribution in [2.75, 3.05) is 20.6 Å². The molecular weight excluding hydrogens is 238 g/mol. The lowest BCUT2D eigenvalue weighted by Crippen LogP contribution is -2.37. The molecule has 0 bridgehead atoms. The molecule has 0 unspecified atom stereocenters. The molecule has 0 radical (unpaired) electrons. The largest absolute Gasteiger partial charge is 0.329 e. The number of rotatable bonds is 3. The Hall–Kier alpha value is -1.40. The number of thiophene rings is 1. The first-order chi connectivity index (χ1) is 7.99. The predicted molar refractivity (Wildman–Crippen MR) is 70.0 cm³/mol. The molecule has 0 fully saturated rings. The van der Waals surface area contributed by atoms with Crippen molar-refractivity contribution in [3.63, 3.8) is 0 Å². The topological polar surface area (TPSA) is 58.1 Å². The number of H-pyrrole nitrogens is 1. The maximum absolute atomic E-state index is 12.1. The van der Waals surface area contributed by atoms with E-state index in [1.54, 1.807) is 0 Å². The Morgan fingerprint density at radius 3 is 2.76 bits per heavy atom. The summed E-state index contributed by atoms with van der Waals surface area (Å²) in [4.78, 5) is 30.3. The fraction of sp³-hybridized carbons (Fsp3) is 0.455. The third-order valence-corrected chi connectivity index (χ3v) is 3.53.